The van der Waals surface area contributed by atoms with E-state index >= 15 is 0 Å². The van der Waals surface area contributed by atoms with E-state index in [0.29, 0.717) is 23.1 Å². The number of amides is 1. The minimum Gasteiger partial charge on any atom is -0.341 e. The summed E-state index contributed by atoms with van der Waals surface area (Å²) in [7, 11) is 0. The van der Waals surface area contributed by atoms with Crippen molar-refractivity contribution in [1.29, 1.82) is 5.26 Å². The van der Waals surface area contributed by atoms with E-state index in [0.717, 1.165) is 0 Å². The Bertz CT molecular complexity index is 728. The van der Waals surface area contributed by atoms with Gasteiger partial charge in [-0.05, 0) is 11.6 Å². The summed E-state index contributed by atoms with van der Waals surface area (Å²) in [4.78, 5) is 30.6. The van der Waals surface area contributed by atoms with Gasteiger partial charge in [-0.2, -0.15) is 5.26 Å². The largest absolute Gasteiger partial charge is 0.341 e. The lowest BCUT2D eigenvalue weighted by molar-refractivity contribution is 0.0862. The van der Waals surface area contributed by atoms with Gasteiger partial charge in [0.25, 0.3) is 5.91 Å². The molecule has 0 aliphatic heterocycles. The molecule has 20 heavy (non-hydrogen) atoms. The average Bonchev–Trinajstić information content (AvgIpc) is 3.08. The van der Waals surface area contributed by atoms with E-state index < -0.39 is 11.9 Å². The summed E-state index contributed by atoms with van der Waals surface area (Å²) < 4.78 is 0. The lowest BCUT2D eigenvalue weighted by Crippen LogP contribution is -2.39. The molecule has 1 aromatic heterocycles. The number of ketones is 1. The molecule has 2 aromatic rings. The van der Waals surface area contributed by atoms with Gasteiger partial charge in [0.05, 0.1) is 17.7 Å². The highest BCUT2D eigenvalue weighted by atomic mass is 16.2. The number of imidazole rings is 1. The summed E-state index contributed by atoms with van der Waals surface area (Å²) in [5.41, 5.74) is 1.68. The molecule has 0 saturated carbocycles. The van der Waals surface area contributed by atoms with Gasteiger partial charge in [-0.25, -0.2) is 4.98 Å². The van der Waals surface area contributed by atoms with Crippen molar-refractivity contribution in [3.63, 3.8) is 0 Å². The first-order valence-corrected chi connectivity index (χ1v) is 6.07. The highest BCUT2D eigenvalue weighted by molar-refractivity contribution is 6.07. The summed E-state index contributed by atoms with van der Waals surface area (Å²) in [6, 6.07) is 6.44. The second kappa shape index (κ2) is 4.63. The molecule has 0 fully saturated rings. The quantitative estimate of drug-likeness (QED) is 0.840. The molecule has 0 saturated heterocycles. The third-order valence-electron chi connectivity index (χ3n) is 3.31. The smallest absolute Gasteiger partial charge is 0.287 e. The Kier molecular flexibility index (Phi) is 2.80. The molecule has 1 heterocycles. The Balaban J connectivity index is 1.84. The predicted octanol–water partition coefficient (Wildman–Crippen LogP) is 0.819. The number of nitrogens with one attached hydrogen (secondary N) is 2. The van der Waals surface area contributed by atoms with Gasteiger partial charge in [0, 0.05) is 24.4 Å². The van der Waals surface area contributed by atoms with Crippen LogP contribution in [0.25, 0.3) is 0 Å². The maximum Gasteiger partial charge on any atom is 0.287 e. The van der Waals surface area contributed by atoms with E-state index in [2.05, 4.69) is 21.4 Å². The normalized spacial score (nSPS) is 16.6. The molecule has 1 aliphatic carbocycles. The number of H-pyrrole nitrogens is 1. The number of fused-ring (bicyclic) bond motifs is 1. The number of benzene rings is 1. The zero-order chi connectivity index (χ0) is 14.1. The SMILES string of the molecule is N#Cc1cccc2c1CC(NC(=O)c1ncc[nH]1)C2=O. The molecule has 1 aromatic carbocycles. The Morgan fingerprint density at radius 3 is 3.05 bits per heavy atom. The third kappa shape index (κ3) is 1.86. The molecule has 1 atom stereocenters. The molecule has 6 nitrogen and oxygen atoms in total. The van der Waals surface area contributed by atoms with Crippen molar-refractivity contribution < 1.29 is 9.59 Å². The number of Topliss-reactive ketones (excluding diaryl/α,β-unsaturated/α-hetero) is 1. The van der Waals surface area contributed by atoms with Crippen molar-refractivity contribution >= 4 is 11.7 Å². The number of hydrogen-bond donors (Lipinski definition) is 2. The molecule has 0 bridgehead atoms. The van der Waals surface area contributed by atoms with Crippen molar-refractivity contribution in [2.24, 2.45) is 0 Å². The molecule has 2 N–H and O–H groups in total. The number of hydrogen-bond acceptors (Lipinski definition) is 4. The number of carbonyl (C=O) groups is 2. The van der Waals surface area contributed by atoms with Crippen LogP contribution in [0.4, 0.5) is 0 Å². The number of nitrogens with zero attached hydrogens (tertiary/aromatic N) is 2. The first-order chi connectivity index (χ1) is 9.70. The van der Waals surface area contributed by atoms with Crippen LogP contribution in [-0.2, 0) is 6.42 Å². The standard InChI is InChI=1S/C14H10N4O2/c15-7-8-2-1-3-9-10(8)6-11(12(9)19)18-14(20)13-16-4-5-17-13/h1-5,11H,6H2,(H,16,17)(H,18,20). The number of carbonyl (C=O) groups excluding carboxylic acids is 2. The minimum absolute atomic E-state index is 0.161. The van der Waals surface area contributed by atoms with Crippen molar-refractivity contribution in [3.8, 4) is 6.07 Å². The molecular weight excluding hydrogens is 256 g/mol. The van der Waals surface area contributed by atoms with Crippen molar-refractivity contribution in [2.75, 3.05) is 0 Å². The fourth-order valence-electron chi connectivity index (χ4n) is 2.36. The van der Waals surface area contributed by atoms with Crippen LogP contribution in [0.1, 0.15) is 32.1 Å². The Morgan fingerprint density at radius 2 is 2.35 bits per heavy atom. The number of aromatic amines is 1. The number of rotatable bonds is 2. The highest BCUT2D eigenvalue weighted by Crippen LogP contribution is 2.25. The van der Waals surface area contributed by atoms with E-state index in [-0.39, 0.29) is 11.6 Å². The molecule has 98 valence electrons. The zero-order valence-corrected chi connectivity index (χ0v) is 10.4. The summed E-state index contributed by atoms with van der Waals surface area (Å²) >= 11 is 0. The lowest BCUT2D eigenvalue weighted by Gasteiger charge is -2.09. The van der Waals surface area contributed by atoms with Crippen LogP contribution in [0.15, 0.2) is 30.6 Å². The Hall–Kier alpha value is -2.94. The summed E-state index contributed by atoms with van der Waals surface area (Å²) in [5, 5.41) is 11.7. The fourth-order valence-corrected chi connectivity index (χ4v) is 2.36. The van der Waals surface area contributed by atoms with E-state index in [1.165, 1.54) is 12.4 Å². The van der Waals surface area contributed by atoms with Gasteiger partial charge in [0.15, 0.2) is 11.6 Å². The molecule has 0 spiro atoms. The fraction of sp³-hybridized carbons (Fsp3) is 0.143. The van der Waals surface area contributed by atoms with Crippen LogP contribution in [0.5, 0.6) is 0 Å². The first-order valence-electron chi connectivity index (χ1n) is 6.07. The van der Waals surface area contributed by atoms with Crippen LogP contribution < -0.4 is 5.32 Å². The van der Waals surface area contributed by atoms with Crippen LogP contribution in [-0.4, -0.2) is 27.7 Å². The highest BCUT2D eigenvalue weighted by Gasteiger charge is 2.33. The van der Waals surface area contributed by atoms with Crippen LogP contribution in [0, 0.1) is 11.3 Å². The summed E-state index contributed by atoms with van der Waals surface area (Å²) in [6.07, 6.45) is 3.34. The van der Waals surface area contributed by atoms with Crippen molar-refractivity contribution in [3.05, 3.63) is 53.1 Å². The van der Waals surface area contributed by atoms with Gasteiger partial charge < -0.3 is 10.3 Å². The second-order valence-electron chi connectivity index (χ2n) is 4.48. The number of nitriles is 1. The Morgan fingerprint density at radius 1 is 1.50 bits per heavy atom. The van der Waals surface area contributed by atoms with Crippen LogP contribution in [0.2, 0.25) is 0 Å². The molecule has 3 rings (SSSR count). The topological polar surface area (TPSA) is 98.6 Å². The van der Waals surface area contributed by atoms with Crippen LogP contribution >= 0.6 is 0 Å². The molecular formula is C14H10N4O2. The van der Waals surface area contributed by atoms with Gasteiger partial charge in [0.1, 0.15) is 0 Å². The lowest BCUT2D eigenvalue weighted by atomic mass is 10.0. The van der Waals surface area contributed by atoms with Gasteiger partial charge in [-0.1, -0.05) is 12.1 Å². The third-order valence-corrected chi connectivity index (χ3v) is 3.31. The molecule has 6 heteroatoms. The Labute approximate surface area is 114 Å². The predicted molar refractivity (Wildman–Crippen MR) is 69.0 cm³/mol. The molecule has 1 aliphatic rings. The van der Waals surface area contributed by atoms with Gasteiger partial charge in [-0.15, -0.1) is 0 Å². The van der Waals surface area contributed by atoms with E-state index in [1.807, 2.05) is 0 Å². The summed E-state index contributed by atoms with van der Waals surface area (Å²) in [5.74, 6) is -0.439. The van der Waals surface area contributed by atoms with Gasteiger partial charge in [0.2, 0.25) is 0 Å². The molecule has 0 radical (unpaired) electrons. The van der Waals surface area contributed by atoms with Crippen molar-refractivity contribution in [2.45, 2.75) is 12.5 Å². The van der Waals surface area contributed by atoms with E-state index in [4.69, 9.17) is 5.26 Å². The van der Waals surface area contributed by atoms with Gasteiger partial charge >= 0.3 is 0 Å². The van der Waals surface area contributed by atoms with Gasteiger partial charge in [-0.3, -0.25) is 9.59 Å². The maximum atomic E-state index is 12.2. The van der Waals surface area contributed by atoms with Crippen LogP contribution in [0.3, 0.4) is 0 Å². The zero-order valence-electron chi connectivity index (χ0n) is 10.4. The number of aromatic nitrogens is 2. The first kappa shape index (κ1) is 12.1. The summed E-state index contributed by atoms with van der Waals surface area (Å²) in [6.45, 7) is 0. The van der Waals surface area contributed by atoms with Crippen molar-refractivity contribution in [1.82, 2.24) is 15.3 Å². The second-order valence-corrected chi connectivity index (χ2v) is 4.48. The minimum atomic E-state index is -0.642. The van der Waals surface area contributed by atoms with E-state index in [9.17, 15) is 9.59 Å². The molecule has 1 unspecified atom stereocenters. The molecule has 1 amide bonds. The average molecular weight is 266 g/mol. The monoisotopic (exact) mass is 266 g/mol. The maximum absolute atomic E-state index is 12.2. The van der Waals surface area contributed by atoms with E-state index in [1.54, 1.807) is 18.2 Å².